The Labute approximate surface area is 90.1 Å². The summed E-state index contributed by atoms with van der Waals surface area (Å²) >= 11 is 0. The van der Waals surface area contributed by atoms with Gasteiger partial charge in [-0.15, -0.1) is 0 Å². The molecule has 1 aromatic heterocycles. The summed E-state index contributed by atoms with van der Waals surface area (Å²) in [6.07, 6.45) is 4.11. The molecule has 15 heavy (non-hydrogen) atoms. The molecule has 0 fully saturated rings. The van der Waals surface area contributed by atoms with Crippen molar-refractivity contribution in [2.75, 3.05) is 0 Å². The van der Waals surface area contributed by atoms with Crippen molar-refractivity contribution in [3.8, 4) is 0 Å². The van der Waals surface area contributed by atoms with E-state index in [4.69, 9.17) is 4.84 Å². The van der Waals surface area contributed by atoms with E-state index in [1.165, 1.54) is 6.33 Å². The van der Waals surface area contributed by atoms with Crippen LogP contribution < -0.4 is 0 Å². The van der Waals surface area contributed by atoms with Crippen LogP contribution in [0.1, 0.15) is 34.1 Å². The maximum atomic E-state index is 5.25. The third-order valence-corrected chi connectivity index (χ3v) is 2.10. The zero-order valence-electron chi connectivity index (χ0n) is 9.71. The normalized spacial score (nSPS) is 19.3. The lowest BCUT2D eigenvalue weighted by Gasteiger charge is -2.10. The van der Waals surface area contributed by atoms with Crippen molar-refractivity contribution in [2.45, 2.75) is 40.2 Å². The molecule has 1 aliphatic heterocycles. The highest BCUT2D eigenvalue weighted by Gasteiger charge is 2.25. The van der Waals surface area contributed by atoms with Crippen molar-refractivity contribution >= 4 is 5.84 Å². The largest absolute Gasteiger partial charge is 0.390 e. The molecule has 0 saturated carbocycles. The minimum Gasteiger partial charge on any atom is -0.390 e. The molecule has 0 aromatic carbocycles. The summed E-state index contributed by atoms with van der Waals surface area (Å²) in [5.74, 6) is 1.31. The lowest BCUT2D eigenvalue weighted by Crippen LogP contribution is -2.18. The molecule has 0 amide bonds. The van der Waals surface area contributed by atoms with Gasteiger partial charge in [0.15, 0.2) is 5.84 Å². The van der Waals surface area contributed by atoms with Gasteiger partial charge in [0.2, 0.25) is 0 Å². The van der Waals surface area contributed by atoms with Gasteiger partial charge < -0.3 is 4.84 Å². The number of hydrogen-bond donors (Lipinski definition) is 0. The van der Waals surface area contributed by atoms with Crippen molar-refractivity contribution in [1.82, 2.24) is 14.8 Å². The Balaban J connectivity index is 0.000000531. The van der Waals surface area contributed by atoms with Gasteiger partial charge in [0, 0.05) is 0 Å². The van der Waals surface area contributed by atoms with Crippen molar-refractivity contribution < 1.29 is 4.84 Å². The summed E-state index contributed by atoms with van der Waals surface area (Å²) in [6.45, 7) is 8.23. The fraction of sp³-hybridized carbons (Fsp3) is 0.700. The van der Waals surface area contributed by atoms with Crippen LogP contribution in [0, 0.1) is 5.92 Å². The monoisotopic (exact) mass is 210 g/mol. The van der Waals surface area contributed by atoms with E-state index >= 15 is 0 Å². The van der Waals surface area contributed by atoms with Crippen LogP contribution in [0.2, 0.25) is 0 Å². The van der Waals surface area contributed by atoms with Crippen LogP contribution in [-0.2, 0) is 4.84 Å². The third-order valence-electron chi connectivity index (χ3n) is 2.10. The van der Waals surface area contributed by atoms with Crippen LogP contribution in [0.3, 0.4) is 0 Å². The van der Waals surface area contributed by atoms with Gasteiger partial charge in [0.1, 0.15) is 18.8 Å². The maximum absolute atomic E-state index is 5.25. The lowest BCUT2D eigenvalue weighted by molar-refractivity contribution is 0.0521. The van der Waals surface area contributed by atoms with E-state index in [0.29, 0.717) is 5.92 Å². The highest BCUT2D eigenvalue weighted by atomic mass is 16.6. The molecular weight excluding hydrogens is 192 g/mol. The molecule has 0 spiro atoms. The summed E-state index contributed by atoms with van der Waals surface area (Å²) in [5.41, 5.74) is 0. The second kappa shape index (κ2) is 5.48. The maximum Gasteiger partial charge on any atom is 0.174 e. The van der Waals surface area contributed by atoms with E-state index < -0.39 is 0 Å². The molecule has 0 bridgehead atoms. The van der Waals surface area contributed by atoms with E-state index in [1.807, 2.05) is 13.8 Å². The summed E-state index contributed by atoms with van der Waals surface area (Å²) in [6, 6.07) is 0. The molecule has 1 aliphatic rings. The van der Waals surface area contributed by atoms with Crippen LogP contribution in [0.25, 0.3) is 0 Å². The van der Waals surface area contributed by atoms with Crippen molar-refractivity contribution in [3.05, 3.63) is 12.7 Å². The average molecular weight is 210 g/mol. The van der Waals surface area contributed by atoms with Gasteiger partial charge in [-0.2, -0.15) is 5.10 Å². The highest BCUT2D eigenvalue weighted by Crippen LogP contribution is 2.18. The minimum atomic E-state index is 0.180. The number of hydrogen-bond acceptors (Lipinski definition) is 4. The number of nitrogens with zero attached hydrogens (tertiary/aromatic N) is 4. The van der Waals surface area contributed by atoms with Gasteiger partial charge in [0.05, 0.1) is 6.42 Å². The van der Waals surface area contributed by atoms with E-state index in [-0.39, 0.29) is 6.10 Å². The van der Waals surface area contributed by atoms with Crippen LogP contribution >= 0.6 is 0 Å². The Kier molecular flexibility index (Phi) is 4.27. The molecule has 84 valence electrons. The zero-order valence-corrected chi connectivity index (χ0v) is 9.71. The first kappa shape index (κ1) is 11.7. The quantitative estimate of drug-likeness (QED) is 0.711. The molecule has 5 nitrogen and oxygen atoms in total. The van der Waals surface area contributed by atoms with Crippen LogP contribution in [0.15, 0.2) is 17.8 Å². The average Bonchev–Trinajstić information content (AvgIpc) is 2.91. The van der Waals surface area contributed by atoms with Gasteiger partial charge in [-0.25, -0.2) is 9.67 Å². The van der Waals surface area contributed by atoms with Gasteiger partial charge in [-0.1, -0.05) is 32.9 Å². The zero-order chi connectivity index (χ0) is 11.3. The first-order valence-electron chi connectivity index (χ1n) is 5.35. The first-order chi connectivity index (χ1) is 7.27. The number of rotatable bonds is 1. The molecule has 1 atom stereocenters. The fourth-order valence-electron chi connectivity index (χ4n) is 1.22. The molecule has 2 rings (SSSR count). The van der Waals surface area contributed by atoms with Gasteiger partial charge in [-0.05, 0) is 5.92 Å². The second-order valence-corrected chi connectivity index (χ2v) is 3.44. The third kappa shape index (κ3) is 2.78. The Morgan fingerprint density at radius 1 is 1.47 bits per heavy atom. The summed E-state index contributed by atoms with van der Waals surface area (Å²) in [7, 11) is 0. The van der Waals surface area contributed by atoms with E-state index in [1.54, 1.807) is 11.0 Å². The fourth-order valence-corrected chi connectivity index (χ4v) is 1.22. The van der Waals surface area contributed by atoms with Crippen LogP contribution in [0.5, 0.6) is 0 Å². The smallest absolute Gasteiger partial charge is 0.174 e. The van der Waals surface area contributed by atoms with Crippen molar-refractivity contribution in [3.63, 3.8) is 0 Å². The standard InChI is InChI=1S/C8H12N4O.C2H6/c1-6(2)7-3-8(11-13-7)12-5-9-4-10-12;1-2/h4-7H,3H2,1-2H3;1-2H3. The van der Waals surface area contributed by atoms with Gasteiger partial charge >= 0.3 is 0 Å². The van der Waals surface area contributed by atoms with E-state index in [2.05, 4.69) is 29.1 Å². The van der Waals surface area contributed by atoms with Gasteiger partial charge in [0.25, 0.3) is 0 Å². The van der Waals surface area contributed by atoms with Crippen molar-refractivity contribution in [2.24, 2.45) is 11.1 Å². The summed E-state index contributed by atoms with van der Waals surface area (Å²) in [4.78, 5) is 9.10. The predicted molar refractivity (Wildman–Crippen MR) is 58.5 cm³/mol. The second-order valence-electron chi connectivity index (χ2n) is 3.44. The van der Waals surface area contributed by atoms with Gasteiger partial charge in [-0.3, -0.25) is 0 Å². The molecule has 0 N–H and O–H groups in total. The molecule has 2 heterocycles. The Hall–Kier alpha value is -1.39. The lowest BCUT2D eigenvalue weighted by atomic mass is 10.0. The highest BCUT2D eigenvalue weighted by molar-refractivity contribution is 5.84. The Morgan fingerprint density at radius 3 is 2.67 bits per heavy atom. The number of oxime groups is 1. The van der Waals surface area contributed by atoms with E-state index in [9.17, 15) is 0 Å². The molecular formula is C10H18N4O. The summed E-state index contributed by atoms with van der Waals surface area (Å²) in [5, 5.41) is 7.94. The number of aromatic nitrogens is 3. The molecule has 0 saturated heterocycles. The molecule has 0 aliphatic carbocycles. The van der Waals surface area contributed by atoms with Crippen LogP contribution in [-0.4, -0.2) is 26.7 Å². The van der Waals surface area contributed by atoms with E-state index in [0.717, 1.165) is 12.3 Å². The first-order valence-corrected chi connectivity index (χ1v) is 5.35. The predicted octanol–water partition coefficient (Wildman–Crippen LogP) is 1.91. The molecule has 1 aromatic rings. The minimum absolute atomic E-state index is 0.180. The molecule has 0 radical (unpaired) electrons. The Bertz CT molecular complexity index is 305. The Morgan fingerprint density at radius 2 is 2.20 bits per heavy atom. The SMILES string of the molecule is CC.CC(C)C1CC(n2cncn2)=NO1. The molecule has 5 heteroatoms. The summed E-state index contributed by atoms with van der Waals surface area (Å²) < 4.78 is 1.64. The topological polar surface area (TPSA) is 52.3 Å². The van der Waals surface area contributed by atoms with Crippen molar-refractivity contribution in [1.29, 1.82) is 0 Å². The molecule has 1 unspecified atom stereocenters. The van der Waals surface area contributed by atoms with Crippen LogP contribution in [0.4, 0.5) is 0 Å².